The maximum atomic E-state index is 12.5. The molecular weight excluding hydrogens is 252 g/mol. The van der Waals surface area contributed by atoms with Crippen LogP contribution >= 0.6 is 0 Å². The van der Waals surface area contributed by atoms with E-state index < -0.39 is 10.2 Å². The Morgan fingerprint density at radius 3 is 2.44 bits per heavy atom. The summed E-state index contributed by atoms with van der Waals surface area (Å²) in [6.45, 7) is 6.36. The van der Waals surface area contributed by atoms with Crippen molar-refractivity contribution in [1.82, 2.24) is 8.61 Å². The quantitative estimate of drug-likeness (QED) is 0.818. The van der Waals surface area contributed by atoms with E-state index in [9.17, 15) is 13.5 Å². The summed E-state index contributed by atoms with van der Waals surface area (Å²) in [6, 6.07) is -0.304. The molecule has 0 aromatic rings. The van der Waals surface area contributed by atoms with Crippen LogP contribution in [0.15, 0.2) is 0 Å². The molecule has 0 saturated carbocycles. The lowest BCUT2D eigenvalue weighted by atomic mass is 10.1. The van der Waals surface area contributed by atoms with Gasteiger partial charge in [0, 0.05) is 25.7 Å². The molecule has 0 spiro atoms. The fourth-order valence-corrected chi connectivity index (χ4v) is 4.16. The van der Waals surface area contributed by atoms with Gasteiger partial charge >= 0.3 is 0 Å². The molecule has 6 heteroatoms. The molecule has 1 aliphatic rings. The first-order chi connectivity index (χ1) is 8.32. The summed E-state index contributed by atoms with van der Waals surface area (Å²) in [5.41, 5.74) is 0. The Balaban J connectivity index is 2.90. The number of rotatable bonds is 5. The van der Waals surface area contributed by atoms with Crippen LogP contribution in [0.4, 0.5) is 0 Å². The lowest BCUT2D eigenvalue weighted by Crippen LogP contribution is -2.53. The molecule has 0 aromatic heterocycles. The second-order valence-electron chi connectivity index (χ2n) is 5.45. The normalized spacial score (nSPS) is 24.7. The van der Waals surface area contributed by atoms with Crippen molar-refractivity contribution in [3.8, 4) is 0 Å². The molecule has 0 aliphatic carbocycles. The summed E-state index contributed by atoms with van der Waals surface area (Å²) >= 11 is 0. The summed E-state index contributed by atoms with van der Waals surface area (Å²) in [6.07, 6.45) is 2.61. The molecule has 1 saturated heterocycles. The average molecular weight is 278 g/mol. The molecule has 0 aromatic carbocycles. The first-order valence-electron chi connectivity index (χ1n) is 6.68. The maximum Gasteiger partial charge on any atom is 0.282 e. The number of hydrogen-bond acceptors (Lipinski definition) is 3. The van der Waals surface area contributed by atoms with Gasteiger partial charge in [0.2, 0.25) is 0 Å². The van der Waals surface area contributed by atoms with Gasteiger partial charge < -0.3 is 5.11 Å². The third-order valence-electron chi connectivity index (χ3n) is 3.98. The molecule has 1 N–H and O–H groups in total. The standard InChI is InChI=1S/C12H26N2O3S/c1-10(2)11(3)13(4)18(16,17)14-8-6-5-7-12(14)9-15/h10-12,15H,5-9H2,1-4H3. The van der Waals surface area contributed by atoms with Crippen molar-refractivity contribution in [2.75, 3.05) is 20.2 Å². The van der Waals surface area contributed by atoms with E-state index in [0.717, 1.165) is 19.3 Å². The first kappa shape index (κ1) is 15.9. The summed E-state index contributed by atoms with van der Waals surface area (Å²) in [7, 11) is -1.83. The Morgan fingerprint density at radius 2 is 1.94 bits per heavy atom. The van der Waals surface area contributed by atoms with Crippen molar-refractivity contribution in [2.24, 2.45) is 5.92 Å². The van der Waals surface area contributed by atoms with E-state index in [1.807, 2.05) is 20.8 Å². The fraction of sp³-hybridized carbons (Fsp3) is 1.00. The van der Waals surface area contributed by atoms with Crippen molar-refractivity contribution >= 4 is 10.2 Å². The minimum Gasteiger partial charge on any atom is -0.395 e. The van der Waals surface area contributed by atoms with Gasteiger partial charge in [0.15, 0.2) is 0 Å². The number of nitrogens with zero attached hydrogens (tertiary/aromatic N) is 2. The van der Waals surface area contributed by atoms with Crippen LogP contribution in [0.25, 0.3) is 0 Å². The zero-order valence-electron chi connectivity index (χ0n) is 11.8. The van der Waals surface area contributed by atoms with Gasteiger partial charge in [0.05, 0.1) is 6.61 Å². The zero-order chi connectivity index (χ0) is 13.9. The van der Waals surface area contributed by atoms with Crippen molar-refractivity contribution in [2.45, 2.75) is 52.1 Å². The monoisotopic (exact) mass is 278 g/mol. The van der Waals surface area contributed by atoms with Crippen LogP contribution in [-0.4, -0.2) is 54.4 Å². The van der Waals surface area contributed by atoms with Crippen LogP contribution in [0.5, 0.6) is 0 Å². The van der Waals surface area contributed by atoms with Crippen LogP contribution in [0.1, 0.15) is 40.0 Å². The SMILES string of the molecule is CC(C)C(C)N(C)S(=O)(=O)N1CCCCC1CO. The predicted octanol–water partition coefficient (Wildman–Crippen LogP) is 1.05. The van der Waals surface area contributed by atoms with E-state index in [1.54, 1.807) is 7.05 Å². The van der Waals surface area contributed by atoms with E-state index >= 15 is 0 Å². The molecule has 108 valence electrons. The minimum atomic E-state index is -3.46. The molecule has 1 heterocycles. The average Bonchev–Trinajstić information content (AvgIpc) is 2.36. The molecule has 0 bridgehead atoms. The van der Waals surface area contributed by atoms with Crippen molar-refractivity contribution in [1.29, 1.82) is 0 Å². The third-order valence-corrected chi connectivity index (χ3v) is 6.12. The van der Waals surface area contributed by atoms with Crippen LogP contribution in [-0.2, 0) is 10.2 Å². The van der Waals surface area contributed by atoms with Crippen LogP contribution in [0.2, 0.25) is 0 Å². The summed E-state index contributed by atoms with van der Waals surface area (Å²) in [5, 5.41) is 9.33. The van der Waals surface area contributed by atoms with Crippen LogP contribution in [0.3, 0.4) is 0 Å². The molecule has 1 rings (SSSR count). The molecule has 18 heavy (non-hydrogen) atoms. The van der Waals surface area contributed by atoms with Gasteiger partial charge in [-0.15, -0.1) is 0 Å². The summed E-state index contributed by atoms with van der Waals surface area (Å²) in [5.74, 6) is 0.266. The van der Waals surface area contributed by atoms with Crippen molar-refractivity contribution in [3.05, 3.63) is 0 Å². The van der Waals surface area contributed by atoms with E-state index in [0.29, 0.717) is 6.54 Å². The number of piperidine rings is 1. The Morgan fingerprint density at radius 1 is 1.33 bits per heavy atom. The molecule has 0 amide bonds. The lowest BCUT2D eigenvalue weighted by molar-refractivity contribution is 0.145. The fourth-order valence-electron chi connectivity index (χ4n) is 2.26. The van der Waals surface area contributed by atoms with Gasteiger partial charge in [-0.2, -0.15) is 17.0 Å². The third kappa shape index (κ3) is 3.23. The van der Waals surface area contributed by atoms with E-state index in [2.05, 4.69) is 0 Å². The minimum absolute atomic E-state index is 0.0451. The Bertz CT molecular complexity index is 356. The van der Waals surface area contributed by atoms with Gasteiger partial charge in [0.25, 0.3) is 10.2 Å². The van der Waals surface area contributed by atoms with Gasteiger partial charge in [-0.25, -0.2) is 0 Å². The summed E-state index contributed by atoms with van der Waals surface area (Å²) < 4.78 is 28.0. The highest BCUT2D eigenvalue weighted by atomic mass is 32.2. The van der Waals surface area contributed by atoms with E-state index in [4.69, 9.17) is 0 Å². The number of aliphatic hydroxyl groups is 1. The Hall–Kier alpha value is -0.170. The molecule has 0 radical (unpaired) electrons. The van der Waals surface area contributed by atoms with E-state index in [1.165, 1.54) is 8.61 Å². The largest absolute Gasteiger partial charge is 0.395 e. The maximum absolute atomic E-state index is 12.5. The number of hydrogen-bond donors (Lipinski definition) is 1. The highest BCUT2D eigenvalue weighted by Crippen LogP contribution is 2.24. The van der Waals surface area contributed by atoms with Gasteiger partial charge in [0.1, 0.15) is 0 Å². The molecule has 1 aliphatic heterocycles. The van der Waals surface area contributed by atoms with Crippen molar-refractivity contribution < 1.29 is 13.5 Å². The first-order valence-corrected chi connectivity index (χ1v) is 8.07. The molecule has 5 nitrogen and oxygen atoms in total. The van der Waals surface area contributed by atoms with Crippen LogP contribution in [0, 0.1) is 5.92 Å². The Labute approximate surface area is 111 Å². The highest BCUT2D eigenvalue weighted by molar-refractivity contribution is 7.86. The summed E-state index contributed by atoms with van der Waals surface area (Å²) in [4.78, 5) is 0. The van der Waals surface area contributed by atoms with Gasteiger partial charge in [-0.3, -0.25) is 0 Å². The zero-order valence-corrected chi connectivity index (χ0v) is 12.7. The second-order valence-corrected chi connectivity index (χ2v) is 7.39. The lowest BCUT2D eigenvalue weighted by Gasteiger charge is -2.38. The molecular formula is C12H26N2O3S. The van der Waals surface area contributed by atoms with Gasteiger partial charge in [-0.1, -0.05) is 20.3 Å². The number of aliphatic hydroxyl groups excluding tert-OH is 1. The second kappa shape index (κ2) is 6.32. The Kier molecular flexibility index (Phi) is 5.58. The molecule has 2 unspecified atom stereocenters. The predicted molar refractivity (Wildman–Crippen MR) is 72.4 cm³/mol. The van der Waals surface area contributed by atoms with Crippen molar-refractivity contribution in [3.63, 3.8) is 0 Å². The van der Waals surface area contributed by atoms with Crippen LogP contribution < -0.4 is 0 Å². The topological polar surface area (TPSA) is 60.9 Å². The smallest absolute Gasteiger partial charge is 0.282 e. The van der Waals surface area contributed by atoms with Gasteiger partial charge in [-0.05, 0) is 25.7 Å². The van der Waals surface area contributed by atoms with E-state index in [-0.39, 0.29) is 24.6 Å². The molecule has 2 atom stereocenters. The highest BCUT2D eigenvalue weighted by Gasteiger charge is 2.36. The molecule has 1 fully saturated rings.